The van der Waals surface area contributed by atoms with Gasteiger partial charge in [0.2, 0.25) is 0 Å². The Morgan fingerprint density at radius 2 is 2.12 bits per heavy atom. The van der Waals surface area contributed by atoms with Gasteiger partial charge in [0.15, 0.2) is 0 Å². The van der Waals surface area contributed by atoms with Crippen LogP contribution in [0.5, 0.6) is 0 Å². The van der Waals surface area contributed by atoms with Crippen molar-refractivity contribution in [3.05, 3.63) is 29.8 Å². The van der Waals surface area contributed by atoms with Gasteiger partial charge in [0, 0.05) is 18.2 Å². The zero-order valence-electron chi connectivity index (χ0n) is 9.13. The molecule has 1 aromatic carbocycles. The molecule has 1 aliphatic rings. The van der Waals surface area contributed by atoms with Crippen LogP contribution in [0.15, 0.2) is 24.3 Å². The van der Waals surface area contributed by atoms with Gasteiger partial charge >= 0.3 is 5.97 Å². The third-order valence-corrected chi connectivity index (χ3v) is 2.80. The van der Waals surface area contributed by atoms with Crippen LogP contribution in [0, 0.1) is 0 Å². The molecule has 0 aromatic heterocycles. The summed E-state index contributed by atoms with van der Waals surface area (Å²) in [6.07, 6.45) is 0.485. The van der Waals surface area contributed by atoms with Crippen molar-refractivity contribution in [2.75, 3.05) is 11.9 Å². The fourth-order valence-corrected chi connectivity index (χ4v) is 1.97. The molecule has 1 aliphatic heterocycles. The summed E-state index contributed by atoms with van der Waals surface area (Å²) in [4.78, 5) is 10.7. The first-order valence-corrected chi connectivity index (χ1v) is 4.99. The third kappa shape index (κ3) is 3.49. The van der Waals surface area contributed by atoms with Crippen molar-refractivity contribution < 1.29 is 9.90 Å². The van der Waals surface area contributed by atoms with Gasteiger partial charge < -0.3 is 16.2 Å². The number of nitrogens with two attached hydrogens (primary N) is 1. The van der Waals surface area contributed by atoms with Crippen LogP contribution in [0.4, 0.5) is 5.69 Å². The van der Waals surface area contributed by atoms with Gasteiger partial charge in [-0.3, -0.25) is 4.79 Å². The Kier molecular flexibility index (Phi) is 6.31. The van der Waals surface area contributed by atoms with Gasteiger partial charge in [0.1, 0.15) is 6.04 Å². The van der Waals surface area contributed by atoms with Crippen LogP contribution in [-0.2, 0) is 4.79 Å². The molecule has 0 bridgehead atoms. The number of halogens is 2. The van der Waals surface area contributed by atoms with E-state index in [0.29, 0.717) is 6.42 Å². The zero-order chi connectivity index (χ0) is 10.8. The molecule has 0 spiro atoms. The van der Waals surface area contributed by atoms with Crippen molar-refractivity contribution in [1.29, 1.82) is 0 Å². The molecule has 0 saturated heterocycles. The average molecular weight is 279 g/mol. The normalized spacial score (nSPS) is 18.1. The molecule has 2 unspecified atom stereocenters. The minimum absolute atomic E-state index is 0. The van der Waals surface area contributed by atoms with Crippen LogP contribution in [-0.4, -0.2) is 23.7 Å². The van der Waals surface area contributed by atoms with Crippen molar-refractivity contribution in [3.8, 4) is 0 Å². The van der Waals surface area contributed by atoms with Crippen molar-refractivity contribution in [1.82, 2.24) is 0 Å². The number of hydrogen-bond donors (Lipinski definition) is 3. The Balaban J connectivity index is 0.00000128. The lowest BCUT2D eigenvalue weighted by molar-refractivity contribution is -0.138. The molecule has 0 amide bonds. The number of hydrogen-bond acceptors (Lipinski definition) is 3. The van der Waals surface area contributed by atoms with E-state index in [0.717, 1.165) is 12.2 Å². The molecular formula is C11H16Cl2N2O2. The SMILES string of the molecule is Cl.Cl.NC(CC1CNc2ccccc21)C(=O)O. The van der Waals surface area contributed by atoms with Gasteiger partial charge in [0.25, 0.3) is 0 Å². The molecule has 0 fully saturated rings. The second-order valence-electron chi connectivity index (χ2n) is 3.85. The molecule has 6 heteroatoms. The number of para-hydroxylation sites is 1. The number of carboxylic acid groups (broad SMARTS) is 1. The highest BCUT2D eigenvalue weighted by Gasteiger charge is 2.25. The standard InChI is InChI=1S/C11H14N2O2.2ClH/c12-9(11(14)15)5-7-6-13-10-4-2-1-3-8(7)10;;/h1-4,7,9,13H,5-6,12H2,(H,14,15);2*1H. The Labute approximate surface area is 112 Å². The van der Waals surface area contributed by atoms with Crippen LogP contribution in [0.3, 0.4) is 0 Å². The second-order valence-corrected chi connectivity index (χ2v) is 3.85. The van der Waals surface area contributed by atoms with E-state index in [1.54, 1.807) is 0 Å². The third-order valence-electron chi connectivity index (χ3n) is 2.80. The van der Waals surface area contributed by atoms with Crippen LogP contribution in [0.25, 0.3) is 0 Å². The maximum atomic E-state index is 10.7. The zero-order valence-corrected chi connectivity index (χ0v) is 10.8. The molecule has 2 rings (SSSR count). The minimum atomic E-state index is -0.931. The molecule has 0 radical (unpaired) electrons. The number of nitrogens with one attached hydrogen (secondary N) is 1. The topological polar surface area (TPSA) is 75.3 Å². The first kappa shape index (κ1) is 16.0. The quantitative estimate of drug-likeness (QED) is 0.789. The van der Waals surface area contributed by atoms with E-state index >= 15 is 0 Å². The lowest BCUT2D eigenvalue weighted by Gasteiger charge is -2.12. The average Bonchev–Trinajstić information content (AvgIpc) is 2.62. The number of carbonyl (C=O) groups is 1. The fraction of sp³-hybridized carbons (Fsp3) is 0.364. The van der Waals surface area contributed by atoms with Gasteiger partial charge in [-0.05, 0) is 18.1 Å². The summed E-state index contributed by atoms with van der Waals surface area (Å²) in [7, 11) is 0. The number of carboxylic acids is 1. The van der Waals surface area contributed by atoms with Crippen LogP contribution < -0.4 is 11.1 Å². The van der Waals surface area contributed by atoms with E-state index in [4.69, 9.17) is 10.8 Å². The number of fused-ring (bicyclic) bond motifs is 1. The minimum Gasteiger partial charge on any atom is -0.480 e. The fourth-order valence-electron chi connectivity index (χ4n) is 1.97. The molecule has 17 heavy (non-hydrogen) atoms. The highest BCUT2D eigenvalue weighted by atomic mass is 35.5. The van der Waals surface area contributed by atoms with E-state index < -0.39 is 12.0 Å². The predicted molar refractivity (Wildman–Crippen MR) is 72.4 cm³/mol. The Morgan fingerprint density at radius 3 is 2.76 bits per heavy atom. The monoisotopic (exact) mass is 278 g/mol. The smallest absolute Gasteiger partial charge is 0.320 e. The van der Waals surface area contributed by atoms with E-state index in [1.807, 2.05) is 24.3 Å². The van der Waals surface area contributed by atoms with Crippen molar-refractivity contribution in [2.45, 2.75) is 18.4 Å². The summed E-state index contributed by atoms with van der Waals surface area (Å²) in [6, 6.07) is 7.18. The largest absolute Gasteiger partial charge is 0.480 e. The number of benzene rings is 1. The van der Waals surface area contributed by atoms with E-state index in [9.17, 15) is 4.79 Å². The molecule has 0 saturated carbocycles. The summed E-state index contributed by atoms with van der Waals surface area (Å²) in [5, 5.41) is 12.0. The number of rotatable bonds is 3. The Hall–Kier alpha value is -0.970. The summed E-state index contributed by atoms with van der Waals surface area (Å²) in [6.45, 7) is 0.778. The summed E-state index contributed by atoms with van der Waals surface area (Å²) < 4.78 is 0. The van der Waals surface area contributed by atoms with Gasteiger partial charge in [-0.15, -0.1) is 24.8 Å². The first-order chi connectivity index (χ1) is 7.18. The lowest BCUT2D eigenvalue weighted by Crippen LogP contribution is -2.32. The Bertz CT molecular complexity index is 387. The van der Waals surface area contributed by atoms with Gasteiger partial charge in [0.05, 0.1) is 0 Å². The lowest BCUT2D eigenvalue weighted by atomic mass is 9.94. The van der Waals surface area contributed by atoms with Gasteiger partial charge in [-0.25, -0.2) is 0 Å². The van der Waals surface area contributed by atoms with Crippen LogP contribution in [0.1, 0.15) is 17.9 Å². The first-order valence-electron chi connectivity index (χ1n) is 4.99. The van der Waals surface area contributed by atoms with E-state index in [1.165, 1.54) is 5.56 Å². The maximum absolute atomic E-state index is 10.7. The molecule has 1 aromatic rings. The van der Waals surface area contributed by atoms with Crippen LogP contribution >= 0.6 is 24.8 Å². The molecule has 4 nitrogen and oxygen atoms in total. The number of aliphatic carboxylic acids is 1. The second kappa shape index (κ2) is 6.69. The highest BCUT2D eigenvalue weighted by Crippen LogP contribution is 2.33. The molecule has 4 N–H and O–H groups in total. The van der Waals surface area contributed by atoms with Crippen molar-refractivity contribution >= 4 is 36.5 Å². The predicted octanol–water partition coefficient (Wildman–Crippen LogP) is 1.84. The Morgan fingerprint density at radius 1 is 1.47 bits per heavy atom. The molecular weight excluding hydrogens is 263 g/mol. The molecule has 2 atom stereocenters. The molecule has 96 valence electrons. The van der Waals surface area contributed by atoms with E-state index in [2.05, 4.69) is 5.32 Å². The molecule has 1 heterocycles. The highest BCUT2D eigenvalue weighted by molar-refractivity contribution is 5.85. The van der Waals surface area contributed by atoms with Gasteiger partial charge in [-0.2, -0.15) is 0 Å². The number of anilines is 1. The van der Waals surface area contributed by atoms with Crippen molar-refractivity contribution in [3.63, 3.8) is 0 Å². The maximum Gasteiger partial charge on any atom is 0.320 e. The van der Waals surface area contributed by atoms with Crippen molar-refractivity contribution in [2.24, 2.45) is 5.73 Å². The summed E-state index contributed by atoms with van der Waals surface area (Å²) in [5.74, 6) is -0.716. The molecule has 0 aliphatic carbocycles. The van der Waals surface area contributed by atoms with Crippen LogP contribution in [0.2, 0.25) is 0 Å². The van der Waals surface area contributed by atoms with E-state index in [-0.39, 0.29) is 30.7 Å². The summed E-state index contributed by atoms with van der Waals surface area (Å²) >= 11 is 0. The van der Waals surface area contributed by atoms with Gasteiger partial charge in [-0.1, -0.05) is 18.2 Å². The summed E-state index contributed by atoms with van der Waals surface area (Å²) in [5.41, 5.74) is 7.80.